The van der Waals surface area contributed by atoms with Crippen molar-refractivity contribution in [1.82, 2.24) is 102 Å². The number of hydrogen-bond acceptors (Lipinski definition) is 30. The van der Waals surface area contributed by atoms with E-state index in [1.54, 1.807) is 88.4 Å². The molecule has 55 heteroatoms. The summed E-state index contributed by atoms with van der Waals surface area (Å²) >= 11 is 0. The third-order valence-electron chi connectivity index (χ3n) is 21.3. The molecule has 0 aliphatic carbocycles. The predicted molar refractivity (Wildman–Crippen MR) is 502 cm³/mol. The van der Waals surface area contributed by atoms with Crippen molar-refractivity contribution in [3.05, 3.63) is 284 Å². The number of amides is 4. The SMILES string of the molecule is CCC(CF)S(=O)(=O)c1ccc(OC(F)F)c(-c2nn(C)cc2NC(=O)c2cnn3cccnc23)c1.Cn1cc(NC(=O)c2cnn3cccnc23)c(-c2cc(S(=O)(=O)C3=CCN=C3)ccc2OC(F)F)n1.Cn1cc(NC(=O)c2cnn3cccnc23)c(-c2cc(S(=O)(=O)c3ccccc3)ccc2OC(F)F)n1.Cn1cc(NC(=O)c2cnn3cccnc23)c(-c2cc(S(=O)(=O)c3cccnc3)ccc2OC(F)F)n1. The molecule has 1 atom stereocenters. The zero-order chi connectivity index (χ0) is 104. The molecule has 146 heavy (non-hydrogen) atoms. The number of aromatic nitrogens is 21. The molecule has 14 heterocycles. The summed E-state index contributed by atoms with van der Waals surface area (Å²) in [5.41, 5.74) is 2.04. The van der Waals surface area contributed by atoms with Crippen LogP contribution in [0.5, 0.6) is 23.0 Å². The number of rotatable bonds is 30. The Balaban J connectivity index is 0.000000139. The van der Waals surface area contributed by atoms with Gasteiger partial charge in [0.1, 0.15) is 74.7 Å². The van der Waals surface area contributed by atoms with E-state index in [0.29, 0.717) is 16.9 Å². The van der Waals surface area contributed by atoms with Crippen LogP contribution < -0.4 is 40.2 Å². The third kappa shape index (κ3) is 21.8. The lowest BCUT2D eigenvalue weighted by Crippen LogP contribution is -2.23. The van der Waals surface area contributed by atoms with Crippen molar-refractivity contribution in [2.45, 2.75) is 74.4 Å². The highest BCUT2D eigenvalue weighted by Crippen LogP contribution is 2.44. The van der Waals surface area contributed by atoms with Gasteiger partial charge in [0, 0.05) is 143 Å². The van der Waals surface area contributed by atoms with E-state index in [4.69, 9.17) is 0 Å². The van der Waals surface area contributed by atoms with E-state index in [1.807, 2.05) is 0 Å². The monoisotopic (exact) mass is 2080 g/mol. The average Bonchev–Trinajstić information content (AvgIpc) is 1.41. The van der Waals surface area contributed by atoms with Crippen LogP contribution in [0.4, 0.5) is 62.3 Å². The quantitative estimate of drug-likeness (QED) is 0.0304. The highest BCUT2D eigenvalue weighted by atomic mass is 32.2. The van der Waals surface area contributed by atoms with Gasteiger partial charge in [-0.1, -0.05) is 25.1 Å². The number of benzene rings is 5. The van der Waals surface area contributed by atoms with E-state index < -0.39 is 101 Å². The second kappa shape index (κ2) is 42.6. The van der Waals surface area contributed by atoms with Crippen LogP contribution in [-0.4, -0.2) is 211 Å². The molecule has 1 aliphatic heterocycles. The smallest absolute Gasteiger partial charge is 0.387 e. The highest BCUT2D eigenvalue weighted by Gasteiger charge is 2.34. The number of anilines is 4. The fraction of sp³-hybridized carbons (Fsp3) is 0.143. The van der Waals surface area contributed by atoms with Gasteiger partial charge in [-0.05, 0) is 134 Å². The van der Waals surface area contributed by atoms with E-state index in [-0.39, 0.29) is 166 Å². The number of carbonyl (C=O) groups excluding carboxylic acids is 4. The summed E-state index contributed by atoms with van der Waals surface area (Å²) < 4.78 is 253. The first-order valence-electron chi connectivity index (χ1n) is 42.5. The standard InChI is InChI=1S/C24H18F2N6O4S.C23H17F2N7O4S.C22H21F3N6O4S.C22H17F2N7O4S/c1-31-14-19(29-23(33)18-13-28-32-11-5-10-27-22(18)32)21(30-31)17-12-16(8-9-20(17)36-24(25)26)37(34,35)15-6-3-2-4-7-15;1-31-13-18(29-22(33)17-12-28-32-9-3-8-27-21(17)32)20(30-31)16-10-14(5-6-19(16)36-23(24)25)37(34,35)15-4-2-7-26-11-15;1-3-13(10-23)36(33,34)14-5-6-18(35-22(24)25)15(9-14)19-17(12-30(2)29-19)28-21(32)16-11-27-31-8-4-7-26-20(16)31;1-30-12-17(28-21(32)16-11-27-31-8-2-6-26-20(16)31)19(29-30)15-9-13(3-4-18(15)35-22(23)24)36(33,34)14-5-7-25-10-14/h2-14,24H,1H3,(H,29,33);2-13,23H,1H3,(H,29,33);4-9,11-13,22H,3,10H2,1-2H3,(H,28,32);2-6,8-12,22H,7H2,1H3,(H,28,32). The highest BCUT2D eigenvalue weighted by molar-refractivity contribution is 7.96. The second-order valence-corrected chi connectivity index (χ2v) is 38.9. The molecule has 13 aromatic heterocycles. The Hall–Kier alpha value is -17.8. The Morgan fingerprint density at radius 1 is 0.370 bits per heavy atom. The zero-order valence-electron chi connectivity index (χ0n) is 75.7. The maximum absolute atomic E-state index is 13.4. The fourth-order valence-electron chi connectivity index (χ4n) is 14.7. The van der Waals surface area contributed by atoms with Crippen LogP contribution in [0.15, 0.2) is 296 Å². The van der Waals surface area contributed by atoms with Crippen LogP contribution in [0.1, 0.15) is 54.8 Å². The Bertz CT molecular complexity index is 8320. The molecule has 0 saturated carbocycles. The maximum atomic E-state index is 13.4. The molecule has 4 amide bonds. The minimum Gasteiger partial charge on any atom is -0.434 e. The summed E-state index contributed by atoms with van der Waals surface area (Å²) in [6.45, 7) is -12.1. The molecule has 4 N–H and O–H groups in total. The van der Waals surface area contributed by atoms with Gasteiger partial charge < -0.3 is 40.2 Å². The van der Waals surface area contributed by atoms with Gasteiger partial charge in [-0.25, -0.2) is 76.1 Å². The Labute approximate surface area is 818 Å². The number of carbonyl (C=O) groups is 4. The van der Waals surface area contributed by atoms with Crippen molar-refractivity contribution in [2.75, 3.05) is 34.5 Å². The molecule has 5 aromatic carbocycles. The van der Waals surface area contributed by atoms with Crippen LogP contribution in [-0.2, 0) is 67.5 Å². The molecular weight excluding hydrogens is 2010 g/mol. The molecule has 18 aromatic rings. The number of nitrogens with zero attached hydrogens (tertiary/aromatic N) is 22. The molecule has 0 fully saturated rings. The number of ether oxygens (including phenoxy) is 4. The van der Waals surface area contributed by atoms with Crippen molar-refractivity contribution in [2.24, 2.45) is 33.2 Å². The fourth-order valence-corrected chi connectivity index (χ4v) is 20.1. The number of aliphatic imine (C=N–C) groups is 1. The molecule has 1 unspecified atom stereocenters. The van der Waals surface area contributed by atoms with Crippen LogP contribution in [0.3, 0.4) is 0 Å². The Morgan fingerprint density at radius 3 is 0.973 bits per heavy atom. The van der Waals surface area contributed by atoms with Crippen LogP contribution in [0, 0.1) is 0 Å². The summed E-state index contributed by atoms with van der Waals surface area (Å²) in [4.78, 5) is 75.6. The summed E-state index contributed by atoms with van der Waals surface area (Å²) in [5, 5.41) is 42.7. The number of aryl methyl sites for hydroxylation is 4. The molecule has 0 radical (unpaired) electrons. The molecule has 42 nitrogen and oxygen atoms in total. The molecule has 0 bridgehead atoms. The number of allylic oxidation sites excluding steroid dienone is 1. The zero-order valence-corrected chi connectivity index (χ0v) is 79.0. The number of alkyl halides is 9. The molecule has 750 valence electrons. The lowest BCUT2D eigenvalue weighted by Gasteiger charge is -2.16. The summed E-state index contributed by atoms with van der Waals surface area (Å²) in [7, 11) is -9.93. The van der Waals surface area contributed by atoms with E-state index in [9.17, 15) is 92.4 Å². The summed E-state index contributed by atoms with van der Waals surface area (Å²) in [6.07, 6.45) is 28.9. The van der Waals surface area contributed by atoms with Crippen molar-refractivity contribution >= 4 is 115 Å². The summed E-state index contributed by atoms with van der Waals surface area (Å²) in [5.74, 6) is -3.67. The maximum Gasteiger partial charge on any atom is 0.387 e. The van der Waals surface area contributed by atoms with E-state index in [2.05, 4.69) is 111 Å². The number of fused-ring (bicyclic) bond motifs is 4. The summed E-state index contributed by atoms with van der Waals surface area (Å²) in [6, 6.07) is 30.7. The first kappa shape index (κ1) is 101. The van der Waals surface area contributed by atoms with E-state index >= 15 is 0 Å². The van der Waals surface area contributed by atoms with Gasteiger partial charge >= 0.3 is 26.4 Å². The van der Waals surface area contributed by atoms with Gasteiger partial charge in [0.15, 0.2) is 32.4 Å². The molecule has 0 saturated heterocycles. The second-order valence-electron chi connectivity index (χ2n) is 30.8. The Kier molecular flexibility index (Phi) is 29.5. The van der Waals surface area contributed by atoms with Gasteiger partial charge in [-0.2, -0.15) is 75.9 Å². The lowest BCUT2D eigenvalue weighted by atomic mass is 10.1. The number of sulfone groups is 4. The van der Waals surface area contributed by atoms with Crippen molar-refractivity contribution < 1.29 is 111 Å². The lowest BCUT2D eigenvalue weighted by molar-refractivity contribution is -0.0501. The van der Waals surface area contributed by atoms with E-state index in [0.717, 1.165) is 54.6 Å². The first-order valence-corrected chi connectivity index (χ1v) is 48.5. The third-order valence-corrected chi connectivity index (χ3v) is 28.9. The number of halogens is 9. The topological polar surface area (TPSA) is 507 Å². The minimum atomic E-state index is -4.13. The first-order chi connectivity index (χ1) is 69.9. The molecular formula is C91H73F9N26O16S4. The normalized spacial score (nSPS) is 12.4. The van der Waals surface area contributed by atoms with Crippen LogP contribution in [0.25, 0.3) is 67.6 Å². The Morgan fingerprint density at radius 2 is 0.678 bits per heavy atom. The van der Waals surface area contributed by atoms with Gasteiger partial charge in [0.05, 0.1) is 93.6 Å². The number of pyridine rings is 1. The number of hydrogen-bond donors (Lipinski definition) is 4. The van der Waals surface area contributed by atoms with E-state index in [1.165, 1.54) is 192 Å². The largest absolute Gasteiger partial charge is 0.434 e. The predicted octanol–water partition coefficient (Wildman–Crippen LogP) is 13.3. The average molecular weight is 2090 g/mol. The van der Waals surface area contributed by atoms with Gasteiger partial charge in [0.25, 0.3) is 23.6 Å². The van der Waals surface area contributed by atoms with Crippen molar-refractivity contribution in [1.29, 1.82) is 0 Å². The van der Waals surface area contributed by atoms with Crippen molar-refractivity contribution in [3.63, 3.8) is 0 Å². The van der Waals surface area contributed by atoms with Crippen LogP contribution >= 0.6 is 0 Å². The van der Waals surface area contributed by atoms with Crippen molar-refractivity contribution in [3.8, 4) is 68.0 Å². The number of nitrogens with one attached hydrogen (secondary N) is 4. The van der Waals surface area contributed by atoms with Gasteiger partial charge in [-0.15, -0.1) is 0 Å². The van der Waals surface area contributed by atoms with Crippen LogP contribution in [0.2, 0.25) is 0 Å². The molecule has 1 aliphatic rings. The van der Waals surface area contributed by atoms with Gasteiger partial charge in [-0.3, -0.25) is 47.9 Å². The minimum absolute atomic E-state index is 0.00823. The molecule has 19 rings (SSSR count). The van der Waals surface area contributed by atoms with Gasteiger partial charge in [0.2, 0.25) is 29.5 Å². The molecule has 0 spiro atoms.